The summed E-state index contributed by atoms with van der Waals surface area (Å²) in [4.78, 5) is 14.4. The van der Waals surface area contributed by atoms with E-state index >= 15 is 0 Å². The van der Waals surface area contributed by atoms with Gasteiger partial charge < -0.3 is 10.6 Å². The molecule has 4 aromatic rings. The third-order valence-corrected chi connectivity index (χ3v) is 5.16. The minimum absolute atomic E-state index is 0.126. The molecule has 0 fully saturated rings. The van der Waals surface area contributed by atoms with Crippen LogP contribution in [0, 0.1) is 11.6 Å². The monoisotopic (exact) mass is 440 g/mol. The predicted molar refractivity (Wildman–Crippen MR) is 115 cm³/mol. The molecule has 0 spiro atoms. The topological polar surface area (TPSA) is 98.6 Å². The van der Waals surface area contributed by atoms with Crippen LogP contribution in [-0.4, -0.2) is 43.8 Å². The first kappa shape index (κ1) is 20.7. The second-order valence-electron chi connectivity index (χ2n) is 6.72. The summed E-state index contributed by atoms with van der Waals surface area (Å²) in [6.45, 7) is 0. The van der Waals surface area contributed by atoms with Crippen molar-refractivity contribution < 1.29 is 8.78 Å². The molecule has 0 saturated heterocycles. The number of benzene rings is 2. The van der Waals surface area contributed by atoms with E-state index in [1.54, 1.807) is 33.7 Å². The van der Waals surface area contributed by atoms with E-state index in [9.17, 15) is 8.78 Å². The van der Waals surface area contributed by atoms with Crippen molar-refractivity contribution in [3.63, 3.8) is 0 Å². The number of nitrogens with two attached hydrogens (primary N) is 1. The molecule has 0 bridgehead atoms. The van der Waals surface area contributed by atoms with E-state index < -0.39 is 0 Å². The van der Waals surface area contributed by atoms with Crippen LogP contribution in [0.3, 0.4) is 0 Å². The van der Waals surface area contributed by atoms with Gasteiger partial charge in [-0.05, 0) is 48.5 Å². The maximum absolute atomic E-state index is 13.5. The number of thioether (sulfide) groups is 1. The van der Waals surface area contributed by atoms with Gasteiger partial charge in [0, 0.05) is 25.3 Å². The van der Waals surface area contributed by atoms with Crippen molar-refractivity contribution in [3.05, 3.63) is 66.0 Å². The summed E-state index contributed by atoms with van der Waals surface area (Å²) in [5, 5.41) is 9.10. The van der Waals surface area contributed by atoms with Crippen LogP contribution in [0.1, 0.15) is 5.82 Å². The number of aromatic nitrogens is 6. The zero-order valence-corrected chi connectivity index (χ0v) is 17.5. The van der Waals surface area contributed by atoms with Crippen LogP contribution in [0.4, 0.5) is 20.7 Å². The zero-order valence-electron chi connectivity index (χ0n) is 16.7. The van der Waals surface area contributed by atoms with Crippen LogP contribution in [0.2, 0.25) is 0 Å². The Hall–Kier alpha value is -3.60. The molecule has 0 atom stereocenters. The van der Waals surface area contributed by atoms with Gasteiger partial charge >= 0.3 is 0 Å². The van der Waals surface area contributed by atoms with E-state index in [0.29, 0.717) is 39.8 Å². The zero-order chi connectivity index (χ0) is 22.0. The molecule has 0 unspecified atom stereocenters. The normalized spacial score (nSPS) is 11.0. The molecule has 11 heteroatoms. The van der Waals surface area contributed by atoms with Gasteiger partial charge in [0.25, 0.3) is 0 Å². The lowest BCUT2D eigenvalue weighted by atomic mass is 10.2. The lowest BCUT2D eigenvalue weighted by Gasteiger charge is -2.12. The van der Waals surface area contributed by atoms with Gasteiger partial charge in [-0.2, -0.15) is 15.0 Å². The molecule has 4 rings (SSSR count). The van der Waals surface area contributed by atoms with Crippen molar-refractivity contribution in [2.75, 3.05) is 24.7 Å². The minimum Gasteiger partial charge on any atom is -0.368 e. The van der Waals surface area contributed by atoms with Crippen molar-refractivity contribution in [1.29, 1.82) is 0 Å². The Labute approximate surface area is 181 Å². The van der Waals surface area contributed by atoms with Crippen LogP contribution in [0.5, 0.6) is 0 Å². The smallest absolute Gasteiger partial charge is 0.229 e. The molecule has 2 heterocycles. The first-order chi connectivity index (χ1) is 14.9. The maximum atomic E-state index is 13.5. The highest BCUT2D eigenvalue weighted by Gasteiger charge is 2.17. The average molecular weight is 440 g/mol. The molecule has 2 N–H and O–H groups in total. The van der Waals surface area contributed by atoms with Crippen molar-refractivity contribution in [2.24, 2.45) is 0 Å². The molecule has 2 aromatic heterocycles. The van der Waals surface area contributed by atoms with Gasteiger partial charge in [-0.1, -0.05) is 11.8 Å². The van der Waals surface area contributed by atoms with Gasteiger partial charge in [-0.3, -0.25) is 4.57 Å². The van der Waals surface area contributed by atoms with Crippen LogP contribution in [-0.2, 0) is 5.75 Å². The summed E-state index contributed by atoms with van der Waals surface area (Å²) in [5.74, 6) is 1.21. The van der Waals surface area contributed by atoms with Crippen LogP contribution >= 0.6 is 11.8 Å². The number of rotatable bonds is 6. The Kier molecular flexibility index (Phi) is 5.76. The number of hydrogen-bond donors (Lipinski definition) is 1. The van der Waals surface area contributed by atoms with E-state index in [-0.39, 0.29) is 17.6 Å². The van der Waals surface area contributed by atoms with Crippen LogP contribution < -0.4 is 10.6 Å². The second-order valence-corrected chi connectivity index (χ2v) is 7.66. The molecule has 8 nitrogen and oxygen atoms in total. The Balaban J connectivity index is 1.71. The lowest BCUT2D eigenvalue weighted by Crippen LogP contribution is -2.16. The summed E-state index contributed by atoms with van der Waals surface area (Å²) in [6, 6.07) is 11.9. The molecular formula is C20H18F2N8S. The molecule has 0 radical (unpaired) electrons. The van der Waals surface area contributed by atoms with Gasteiger partial charge in [-0.25, -0.2) is 8.78 Å². The summed E-state index contributed by atoms with van der Waals surface area (Å²) in [5.41, 5.74) is 7.13. The first-order valence-electron chi connectivity index (χ1n) is 9.18. The number of nitrogen functional groups attached to an aromatic ring is 1. The lowest BCUT2D eigenvalue weighted by molar-refractivity contribution is 0.626. The predicted octanol–water partition coefficient (Wildman–Crippen LogP) is 3.34. The third-order valence-electron chi connectivity index (χ3n) is 4.24. The highest BCUT2D eigenvalue weighted by molar-refractivity contribution is 7.98. The quantitative estimate of drug-likeness (QED) is 0.456. The molecule has 2 aromatic carbocycles. The van der Waals surface area contributed by atoms with E-state index in [1.165, 1.54) is 36.0 Å². The summed E-state index contributed by atoms with van der Waals surface area (Å²) in [7, 11) is 3.62. The summed E-state index contributed by atoms with van der Waals surface area (Å²) < 4.78 is 28.6. The first-order valence-corrected chi connectivity index (χ1v) is 10.2. The fraction of sp³-hybridized carbons (Fsp3) is 0.150. The largest absolute Gasteiger partial charge is 0.368 e. The summed E-state index contributed by atoms with van der Waals surface area (Å²) >= 11 is 1.34. The fourth-order valence-corrected chi connectivity index (χ4v) is 3.60. The number of hydrogen-bond acceptors (Lipinski definition) is 8. The SMILES string of the molecule is CN(C)c1nc(N)nc(CSc2nnc(-c3ccc(F)cc3)n2-c2ccc(F)cc2)n1. The van der Waals surface area contributed by atoms with E-state index in [4.69, 9.17) is 5.73 Å². The standard InChI is InChI=1S/C20H18F2N8S/c1-29(2)19-25-16(24-18(23)26-19)11-31-20-28-27-17(12-3-5-13(21)6-4-12)30(20)15-9-7-14(22)8-10-15/h3-10H,11H2,1-2H3,(H2,23,24,25,26). The van der Waals surface area contributed by atoms with E-state index in [0.717, 1.165) is 0 Å². The summed E-state index contributed by atoms with van der Waals surface area (Å²) in [6.07, 6.45) is 0. The van der Waals surface area contributed by atoms with Gasteiger partial charge in [0.2, 0.25) is 11.9 Å². The van der Waals surface area contributed by atoms with E-state index in [1.807, 2.05) is 14.1 Å². The van der Waals surface area contributed by atoms with Gasteiger partial charge in [0.1, 0.15) is 17.5 Å². The van der Waals surface area contributed by atoms with Crippen molar-refractivity contribution in [1.82, 2.24) is 29.7 Å². The van der Waals surface area contributed by atoms with Crippen molar-refractivity contribution in [2.45, 2.75) is 10.9 Å². The van der Waals surface area contributed by atoms with Crippen LogP contribution in [0.25, 0.3) is 17.1 Å². The van der Waals surface area contributed by atoms with Crippen molar-refractivity contribution >= 4 is 23.7 Å². The molecule has 0 aliphatic carbocycles. The van der Waals surface area contributed by atoms with Crippen LogP contribution in [0.15, 0.2) is 53.7 Å². The maximum Gasteiger partial charge on any atom is 0.229 e. The average Bonchev–Trinajstić information content (AvgIpc) is 3.17. The minimum atomic E-state index is -0.355. The highest BCUT2D eigenvalue weighted by Crippen LogP contribution is 2.29. The third kappa shape index (κ3) is 4.61. The molecular weight excluding hydrogens is 422 g/mol. The molecule has 0 aliphatic rings. The molecule has 0 aliphatic heterocycles. The van der Waals surface area contributed by atoms with Gasteiger partial charge in [0.05, 0.1) is 5.75 Å². The Morgan fingerprint density at radius 1 is 0.903 bits per heavy atom. The molecule has 158 valence electrons. The molecule has 0 amide bonds. The van der Waals surface area contributed by atoms with Crippen molar-refractivity contribution in [3.8, 4) is 17.1 Å². The second kappa shape index (κ2) is 8.64. The molecule has 0 saturated carbocycles. The van der Waals surface area contributed by atoms with E-state index in [2.05, 4.69) is 25.1 Å². The fourth-order valence-electron chi connectivity index (χ4n) is 2.79. The Morgan fingerprint density at radius 3 is 2.19 bits per heavy atom. The number of halogens is 2. The van der Waals surface area contributed by atoms with Gasteiger partial charge in [-0.15, -0.1) is 10.2 Å². The highest BCUT2D eigenvalue weighted by atomic mass is 32.2. The number of anilines is 2. The Morgan fingerprint density at radius 2 is 1.55 bits per heavy atom. The molecule has 31 heavy (non-hydrogen) atoms. The van der Waals surface area contributed by atoms with Gasteiger partial charge in [0.15, 0.2) is 11.0 Å². The Bertz CT molecular complexity index is 1190. The number of nitrogens with zero attached hydrogens (tertiary/aromatic N) is 7.